The molecule has 19 heavy (non-hydrogen) atoms. The van der Waals surface area contributed by atoms with Crippen LogP contribution in [-0.2, 0) is 4.79 Å². The Labute approximate surface area is 129 Å². The molecule has 0 bridgehead atoms. The fourth-order valence-corrected chi connectivity index (χ4v) is 2.74. The van der Waals surface area contributed by atoms with Gasteiger partial charge in [0.2, 0.25) is 5.91 Å². The van der Waals surface area contributed by atoms with Gasteiger partial charge in [0.1, 0.15) is 0 Å². The SMILES string of the molecule is Cl.Cl.O=C1CCN(CCCN2CCCCC2)CCN1. The van der Waals surface area contributed by atoms with E-state index in [0.29, 0.717) is 6.42 Å². The van der Waals surface area contributed by atoms with E-state index in [-0.39, 0.29) is 30.7 Å². The zero-order valence-corrected chi connectivity index (χ0v) is 13.2. The minimum Gasteiger partial charge on any atom is -0.355 e. The van der Waals surface area contributed by atoms with Gasteiger partial charge in [-0.15, -0.1) is 24.8 Å². The van der Waals surface area contributed by atoms with Crippen LogP contribution in [0.15, 0.2) is 0 Å². The van der Waals surface area contributed by atoms with Crippen molar-refractivity contribution in [2.45, 2.75) is 32.1 Å². The normalized spacial score (nSPS) is 21.8. The number of nitrogens with zero attached hydrogens (tertiary/aromatic N) is 2. The van der Waals surface area contributed by atoms with Gasteiger partial charge in [-0.2, -0.15) is 0 Å². The minimum atomic E-state index is 0. The Morgan fingerprint density at radius 1 is 0.895 bits per heavy atom. The third kappa shape index (κ3) is 7.35. The van der Waals surface area contributed by atoms with Crippen LogP contribution in [0.25, 0.3) is 0 Å². The molecular weight excluding hydrogens is 285 g/mol. The number of likely N-dealkylation sites (tertiary alicyclic amines) is 1. The van der Waals surface area contributed by atoms with Crippen molar-refractivity contribution in [1.82, 2.24) is 15.1 Å². The minimum absolute atomic E-state index is 0. The third-order valence-corrected chi connectivity index (χ3v) is 3.80. The van der Waals surface area contributed by atoms with Crippen molar-refractivity contribution in [3.63, 3.8) is 0 Å². The lowest BCUT2D eigenvalue weighted by molar-refractivity contribution is -0.120. The molecule has 0 aromatic heterocycles. The Bertz CT molecular complexity index is 248. The van der Waals surface area contributed by atoms with Crippen molar-refractivity contribution >= 4 is 30.7 Å². The first kappa shape index (κ1) is 19.0. The molecular formula is C13H27Cl2N3O. The Balaban J connectivity index is 0.00000162. The fraction of sp³-hybridized carbons (Fsp3) is 0.923. The Morgan fingerprint density at radius 2 is 1.53 bits per heavy atom. The lowest BCUT2D eigenvalue weighted by Crippen LogP contribution is -2.34. The second kappa shape index (κ2) is 10.7. The lowest BCUT2D eigenvalue weighted by atomic mass is 10.1. The average molecular weight is 312 g/mol. The van der Waals surface area contributed by atoms with E-state index in [4.69, 9.17) is 0 Å². The van der Waals surface area contributed by atoms with Gasteiger partial charge in [0.05, 0.1) is 0 Å². The predicted molar refractivity (Wildman–Crippen MR) is 83.5 cm³/mol. The highest BCUT2D eigenvalue weighted by Gasteiger charge is 2.14. The summed E-state index contributed by atoms with van der Waals surface area (Å²) in [4.78, 5) is 16.2. The zero-order chi connectivity index (χ0) is 11.9. The highest BCUT2D eigenvalue weighted by atomic mass is 35.5. The summed E-state index contributed by atoms with van der Waals surface area (Å²) in [5, 5.41) is 2.92. The van der Waals surface area contributed by atoms with E-state index in [1.54, 1.807) is 0 Å². The van der Waals surface area contributed by atoms with Crippen LogP contribution in [0.3, 0.4) is 0 Å². The number of hydrogen-bond acceptors (Lipinski definition) is 3. The van der Waals surface area contributed by atoms with Gasteiger partial charge in [0, 0.05) is 26.1 Å². The molecule has 0 spiro atoms. The van der Waals surface area contributed by atoms with Crippen molar-refractivity contribution in [3.05, 3.63) is 0 Å². The molecule has 1 N–H and O–H groups in total. The maximum Gasteiger partial charge on any atom is 0.221 e. The van der Waals surface area contributed by atoms with E-state index in [0.717, 1.165) is 26.2 Å². The average Bonchev–Trinajstić information content (AvgIpc) is 2.56. The molecule has 6 heteroatoms. The van der Waals surface area contributed by atoms with Crippen molar-refractivity contribution in [2.75, 3.05) is 45.8 Å². The van der Waals surface area contributed by atoms with Crippen LogP contribution in [0.2, 0.25) is 0 Å². The van der Waals surface area contributed by atoms with Gasteiger partial charge in [-0.05, 0) is 45.4 Å². The number of carbonyl (C=O) groups excluding carboxylic acids is 1. The second-order valence-corrected chi connectivity index (χ2v) is 5.20. The molecule has 2 aliphatic heterocycles. The van der Waals surface area contributed by atoms with Gasteiger partial charge in [0.25, 0.3) is 0 Å². The number of rotatable bonds is 4. The second-order valence-electron chi connectivity index (χ2n) is 5.20. The topological polar surface area (TPSA) is 35.6 Å². The summed E-state index contributed by atoms with van der Waals surface area (Å²) in [6.45, 7) is 7.74. The van der Waals surface area contributed by atoms with E-state index in [2.05, 4.69) is 15.1 Å². The van der Waals surface area contributed by atoms with Crippen LogP contribution in [0.1, 0.15) is 32.1 Å². The van der Waals surface area contributed by atoms with Crippen LogP contribution >= 0.6 is 24.8 Å². The van der Waals surface area contributed by atoms with Crippen LogP contribution in [0.4, 0.5) is 0 Å². The standard InChI is InChI=1S/C13H25N3O.2ClH/c17-13-5-11-16(12-6-14-13)10-4-9-15-7-2-1-3-8-15;;/h1-12H2,(H,14,17);2*1H. The van der Waals surface area contributed by atoms with E-state index < -0.39 is 0 Å². The molecule has 2 aliphatic rings. The summed E-state index contributed by atoms with van der Waals surface area (Å²) >= 11 is 0. The van der Waals surface area contributed by atoms with Gasteiger partial charge in [0.15, 0.2) is 0 Å². The highest BCUT2D eigenvalue weighted by molar-refractivity contribution is 5.85. The molecule has 0 radical (unpaired) electrons. The quantitative estimate of drug-likeness (QED) is 0.855. The third-order valence-electron chi connectivity index (χ3n) is 3.80. The molecule has 2 fully saturated rings. The maximum atomic E-state index is 11.2. The van der Waals surface area contributed by atoms with Gasteiger partial charge < -0.3 is 15.1 Å². The van der Waals surface area contributed by atoms with Crippen molar-refractivity contribution in [1.29, 1.82) is 0 Å². The number of hydrogen-bond donors (Lipinski definition) is 1. The molecule has 0 atom stereocenters. The predicted octanol–water partition coefficient (Wildman–Crippen LogP) is 1.53. The molecule has 2 saturated heterocycles. The molecule has 4 nitrogen and oxygen atoms in total. The maximum absolute atomic E-state index is 11.2. The smallest absolute Gasteiger partial charge is 0.221 e. The summed E-state index contributed by atoms with van der Waals surface area (Å²) in [6, 6.07) is 0. The largest absolute Gasteiger partial charge is 0.355 e. The summed E-state index contributed by atoms with van der Waals surface area (Å²) in [5.41, 5.74) is 0. The molecule has 0 aromatic rings. The molecule has 0 aromatic carbocycles. The molecule has 0 aliphatic carbocycles. The van der Waals surface area contributed by atoms with E-state index >= 15 is 0 Å². The lowest BCUT2D eigenvalue weighted by Gasteiger charge is -2.27. The van der Waals surface area contributed by atoms with E-state index in [1.807, 2.05) is 0 Å². The number of piperidine rings is 1. The Hall–Kier alpha value is -0.0300. The first-order valence-corrected chi connectivity index (χ1v) is 7.06. The summed E-state index contributed by atoms with van der Waals surface area (Å²) < 4.78 is 0. The van der Waals surface area contributed by atoms with Gasteiger partial charge >= 0.3 is 0 Å². The number of halogens is 2. The van der Waals surface area contributed by atoms with Gasteiger partial charge in [-0.25, -0.2) is 0 Å². The first-order chi connectivity index (χ1) is 8.34. The van der Waals surface area contributed by atoms with Crippen LogP contribution < -0.4 is 5.32 Å². The number of nitrogens with one attached hydrogen (secondary N) is 1. The summed E-state index contributed by atoms with van der Waals surface area (Å²) in [5.74, 6) is 0.212. The molecule has 0 unspecified atom stereocenters. The number of carbonyl (C=O) groups is 1. The summed E-state index contributed by atoms with van der Waals surface area (Å²) in [6.07, 6.45) is 6.08. The van der Waals surface area contributed by atoms with Crippen LogP contribution in [0, 0.1) is 0 Å². The molecule has 2 rings (SSSR count). The van der Waals surface area contributed by atoms with E-state index in [1.165, 1.54) is 45.3 Å². The van der Waals surface area contributed by atoms with Crippen molar-refractivity contribution in [2.24, 2.45) is 0 Å². The molecule has 0 saturated carbocycles. The van der Waals surface area contributed by atoms with Gasteiger partial charge in [-0.1, -0.05) is 6.42 Å². The number of amides is 1. The Kier molecular flexibility index (Phi) is 10.7. The monoisotopic (exact) mass is 311 g/mol. The van der Waals surface area contributed by atoms with Crippen LogP contribution in [-0.4, -0.2) is 61.5 Å². The molecule has 2 heterocycles. The highest BCUT2D eigenvalue weighted by Crippen LogP contribution is 2.09. The Morgan fingerprint density at radius 3 is 2.21 bits per heavy atom. The summed E-state index contributed by atoms with van der Waals surface area (Å²) in [7, 11) is 0. The fourth-order valence-electron chi connectivity index (χ4n) is 2.74. The zero-order valence-electron chi connectivity index (χ0n) is 11.6. The molecule has 1 amide bonds. The van der Waals surface area contributed by atoms with Gasteiger partial charge in [-0.3, -0.25) is 4.79 Å². The molecule has 114 valence electrons. The van der Waals surface area contributed by atoms with E-state index in [9.17, 15) is 4.79 Å². The van der Waals surface area contributed by atoms with Crippen LogP contribution in [0.5, 0.6) is 0 Å². The van der Waals surface area contributed by atoms with Crippen molar-refractivity contribution < 1.29 is 4.79 Å². The first-order valence-electron chi connectivity index (χ1n) is 7.06. The van der Waals surface area contributed by atoms with Crippen molar-refractivity contribution in [3.8, 4) is 0 Å².